The maximum atomic E-state index is 12.4. The van der Waals surface area contributed by atoms with Crippen molar-refractivity contribution in [2.24, 2.45) is 0 Å². The Morgan fingerprint density at radius 1 is 1.03 bits per heavy atom. The molecule has 1 aliphatic heterocycles. The molecule has 166 valence electrons. The van der Waals surface area contributed by atoms with Crippen molar-refractivity contribution in [1.29, 1.82) is 0 Å². The van der Waals surface area contributed by atoms with Crippen molar-refractivity contribution in [3.05, 3.63) is 40.6 Å². The largest absolute Gasteiger partial charge is 0.391 e. The van der Waals surface area contributed by atoms with E-state index in [0.717, 1.165) is 62.7 Å². The summed E-state index contributed by atoms with van der Waals surface area (Å²) < 4.78 is 1.52. The molecule has 0 radical (unpaired) electrons. The summed E-state index contributed by atoms with van der Waals surface area (Å²) in [5, 5.41) is 18.5. The lowest BCUT2D eigenvalue weighted by molar-refractivity contribution is 0.127. The van der Waals surface area contributed by atoms with Crippen LogP contribution in [-0.2, 0) is 0 Å². The molecule has 3 aliphatic rings. The number of nitrogens with one attached hydrogen (secondary N) is 1. The summed E-state index contributed by atoms with van der Waals surface area (Å²) in [5.41, 5.74) is -0.133. The van der Waals surface area contributed by atoms with E-state index in [9.17, 15) is 9.90 Å². The van der Waals surface area contributed by atoms with E-state index in [2.05, 4.69) is 15.2 Å². The Hall–Kier alpha value is -2.48. The summed E-state index contributed by atoms with van der Waals surface area (Å²) in [6, 6.07) is 5.44. The van der Waals surface area contributed by atoms with Gasteiger partial charge < -0.3 is 15.3 Å². The van der Waals surface area contributed by atoms with Gasteiger partial charge >= 0.3 is 0 Å². The number of aliphatic hydroxyl groups is 1. The molecule has 1 saturated heterocycles. The number of rotatable bonds is 6. The standard InChI is InChI=1S/C23H32N6O2/c30-19-9-4-8-18(19)29-22(31)11-10-21(27-29)28-14-2-1-7-17(28)15-25-20-12-13-24-23(26-20)16-5-3-6-16/h10-13,16-19,30H,1-9,14-15H2,(H,24,25,26). The zero-order valence-corrected chi connectivity index (χ0v) is 18.0. The molecule has 3 heterocycles. The van der Waals surface area contributed by atoms with E-state index in [-0.39, 0.29) is 17.6 Å². The molecular weight excluding hydrogens is 392 g/mol. The highest BCUT2D eigenvalue weighted by atomic mass is 16.3. The van der Waals surface area contributed by atoms with E-state index in [4.69, 9.17) is 10.1 Å². The van der Waals surface area contributed by atoms with Crippen LogP contribution in [0.3, 0.4) is 0 Å². The van der Waals surface area contributed by atoms with Gasteiger partial charge in [0.2, 0.25) is 0 Å². The number of hydrogen-bond acceptors (Lipinski definition) is 7. The number of nitrogens with zero attached hydrogens (tertiary/aromatic N) is 5. The third-order valence-corrected chi connectivity index (χ3v) is 7.15. The first-order chi connectivity index (χ1) is 15.2. The summed E-state index contributed by atoms with van der Waals surface area (Å²) in [5.74, 6) is 3.18. The van der Waals surface area contributed by atoms with E-state index in [1.807, 2.05) is 18.3 Å². The maximum Gasteiger partial charge on any atom is 0.267 e. The average Bonchev–Trinajstić information content (AvgIpc) is 3.18. The molecule has 0 aromatic carbocycles. The van der Waals surface area contributed by atoms with Gasteiger partial charge in [0.25, 0.3) is 5.56 Å². The molecule has 2 N–H and O–H groups in total. The van der Waals surface area contributed by atoms with Gasteiger partial charge in [-0.2, -0.15) is 5.10 Å². The maximum absolute atomic E-state index is 12.4. The van der Waals surface area contributed by atoms with Gasteiger partial charge in [0, 0.05) is 37.3 Å². The van der Waals surface area contributed by atoms with E-state index < -0.39 is 6.10 Å². The molecule has 0 spiro atoms. The van der Waals surface area contributed by atoms with Crippen LogP contribution in [0.25, 0.3) is 0 Å². The second-order valence-corrected chi connectivity index (χ2v) is 9.19. The molecule has 3 unspecified atom stereocenters. The molecule has 8 nitrogen and oxygen atoms in total. The van der Waals surface area contributed by atoms with Crippen LogP contribution in [0.5, 0.6) is 0 Å². The van der Waals surface area contributed by atoms with Gasteiger partial charge in [-0.1, -0.05) is 6.42 Å². The lowest BCUT2D eigenvalue weighted by Crippen LogP contribution is -2.45. The summed E-state index contributed by atoms with van der Waals surface area (Å²) >= 11 is 0. The van der Waals surface area contributed by atoms with Crippen LogP contribution in [0.1, 0.15) is 75.6 Å². The Balaban J connectivity index is 1.31. The van der Waals surface area contributed by atoms with Crippen molar-refractivity contribution in [2.75, 3.05) is 23.3 Å². The van der Waals surface area contributed by atoms with Gasteiger partial charge in [-0.3, -0.25) is 4.79 Å². The van der Waals surface area contributed by atoms with Gasteiger partial charge in [-0.05, 0) is 63.5 Å². The molecule has 5 rings (SSSR count). The Kier molecular flexibility index (Phi) is 5.89. The first-order valence-corrected chi connectivity index (χ1v) is 11.8. The SMILES string of the molecule is O=c1ccc(N2CCCCC2CNc2ccnc(C3CCC3)n2)nn1C1CCCC1O. The summed E-state index contributed by atoms with van der Waals surface area (Å²) in [6.07, 6.45) is 10.9. The molecule has 2 aliphatic carbocycles. The number of aliphatic hydroxyl groups excluding tert-OH is 1. The lowest BCUT2D eigenvalue weighted by Gasteiger charge is -2.37. The van der Waals surface area contributed by atoms with Gasteiger partial charge in [0.1, 0.15) is 17.5 Å². The Morgan fingerprint density at radius 2 is 1.90 bits per heavy atom. The Bertz CT molecular complexity index is 959. The smallest absolute Gasteiger partial charge is 0.267 e. The van der Waals surface area contributed by atoms with Crippen LogP contribution >= 0.6 is 0 Å². The van der Waals surface area contributed by atoms with Crippen LogP contribution in [0.4, 0.5) is 11.6 Å². The minimum atomic E-state index is -0.484. The number of piperidine rings is 1. The second kappa shape index (κ2) is 8.94. The van der Waals surface area contributed by atoms with Gasteiger partial charge in [0.05, 0.1) is 12.1 Å². The van der Waals surface area contributed by atoms with E-state index in [0.29, 0.717) is 5.92 Å². The van der Waals surface area contributed by atoms with Crippen molar-refractivity contribution in [1.82, 2.24) is 19.7 Å². The fourth-order valence-corrected chi connectivity index (χ4v) is 5.08. The zero-order chi connectivity index (χ0) is 21.2. The number of anilines is 2. The van der Waals surface area contributed by atoms with Gasteiger partial charge in [-0.25, -0.2) is 14.6 Å². The molecule has 2 aromatic heterocycles. The number of hydrogen-bond donors (Lipinski definition) is 2. The predicted molar refractivity (Wildman–Crippen MR) is 119 cm³/mol. The van der Waals surface area contributed by atoms with Crippen molar-refractivity contribution in [3.8, 4) is 0 Å². The topological polar surface area (TPSA) is 96.2 Å². The van der Waals surface area contributed by atoms with Crippen LogP contribution < -0.4 is 15.8 Å². The minimum absolute atomic E-state index is 0.133. The first-order valence-electron chi connectivity index (χ1n) is 11.8. The monoisotopic (exact) mass is 424 g/mol. The summed E-state index contributed by atoms with van der Waals surface area (Å²) in [7, 11) is 0. The highest BCUT2D eigenvalue weighted by Crippen LogP contribution is 2.34. The Labute approximate surface area is 182 Å². The normalized spacial score (nSPS) is 26.6. The quantitative estimate of drug-likeness (QED) is 0.736. The van der Waals surface area contributed by atoms with E-state index >= 15 is 0 Å². The van der Waals surface area contributed by atoms with Crippen molar-refractivity contribution in [3.63, 3.8) is 0 Å². The molecule has 8 heteroatoms. The third kappa shape index (κ3) is 4.31. The second-order valence-electron chi connectivity index (χ2n) is 9.19. The third-order valence-electron chi connectivity index (χ3n) is 7.15. The number of aromatic nitrogens is 4. The van der Waals surface area contributed by atoms with E-state index in [1.54, 1.807) is 6.07 Å². The van der Waals surface area contributed by atoms with Crippen molar-refractivity contribution < 1.29 is 5.11 Å². The summed E-state index contributed by atoms with van der Waals surface area (Å²) in [4.78, 5) is 23.9. The molecule has 31 heavy (non-hydrogen) atoms. The fourth-order valence-electron chi connectivity index (χ4n) is 5.08. The lowest BCUT2D eigenvalue weighted by atomic mass is 9.85. The fraction of sp³-hybridized carbons (Fsp3) is 0.652. The minimum Gasteiger partial charge on any atom is -0.391 e. The van der Waals surface area contributed by atoms with Crippen LogP contribution in [-0.4, -0.2) is 50.1 Å². The van der Waals surface area contributed by atoms with Crippen molar-refractivity contribution >= 4 is 11.6 Å². The molecule has 0 amide bonds. The first kappa shape index (κ1) is 20.4. The van der Waals surface area contributed by atoms with E-state index in [1.165, 1.54) is 30.4 Å². The van der Waals surface area contributed by atoms with Gasteiger partial charge in [0.15, 0.2) is 0 Å². The average molecular weight is 425 g/mol. The molecule has 3 fully saturated rings. The summed E-state index contributed by atoms with van der Waals surface area (Å²) in [6.45, 7) is 1.69. The van der Waals surface area contributed by atoms with Crippen molar-refractivity contribution in [2.45, 2.75) is 81.9 Å². The van der Waals surface area contributed by atoms with Crippen LogP contribution in [0.2, 0.25) is 0 Å². The molecule has 3 atom stereocenters. The van der Waals surface area contributed by atoms with Crippen LogP contribution in [0, 0.1) is 0 Å². The van der Waals surface area contributed by atoms with Gasteiger partial charge in [-0.15, -0.1) is 0 Å². The van der Waals surface area contributed by atoms with Crippen LogP contribution in [0.15, 0.2) is 29.2 Å². The molecule has 2 saturated carbocycles. The molecule has 0 bridgehead atoms. The molecule has 2 aromatic rings. The Morgan fingerprint density at radius 3 is 2.68 bits per heavy atom. The molecular formula is C23H32N6O2. The zero-order valence-electron chi connectivity index (χ0n) is 18.0. The predicted octanol–water partition coefficient (Wildman–Crippen LogP) is 2.86. The highest BCUT2D eigenvalue weighted by molar-refractivity contribution is 5.41. The highest BCUT2D eigenvalue weighted by Gasteiger charge is 2.30.